The first-order chi connectivity index (χ1) is 15.8. The summed E-state index contributed by atoms with van der Waals surface area (Å²) in [5.41, 5.74) is 4.51. The molecule has 0 saturated heterocycles. The van der Waals surface area contributed by atoms with Gasteiger partial charge in [-0.2, -0.15) is 0 Å². The molecule has 0 spiro atoms. The molecule has 0 aromatic heterocycles. The molecule has 3 atom stereocenters. The molecule has 1 aliphatic rings. The summed E-state index contributed by atoms with van der Waals surface area (Å²) in [6.45, 7) is 3.68. The molecular weight excluding hydrogens is 424 g/mol. The zero-order chi connectivity index (χ0) is 24.0. The van der Waals surface area contributed by atoms with Gasteiger partial charge < -0.3 is 25.2 Å². The fraction of sp³-hybridized carbons (Fsp3) is 0.400. The van der Waals surface area contributed by atoms with Gasteiger partial charge in [0, 0.05) is 32.1 Å². The SMILES string of the molecule is COCCC(NC(=O)C(C)C(C)NC(=O)OCC1c2ccccc2-c2ccccc21)C(=O)O. The van der Waals surface area contributed by atoms with Gasteiger partial charge in [-0.25, -0.2) is 9.59 Å². The molecule has 2 aromatic rings. The number of ether oxygens (including phenoxy) is 2. The Morgan fingerprint density at radius 2 is 1.55 bits per heavy atom. The van der Waals surface area contributed by atoms with Gasteiger partial charge in [-0.1, -0.05) is 55.5 Å². The smallest absolute Gasteiger partial charge is 0.407 e. The van der Waals surface area contributed by atoms with E-state index in [4.69, 9.17) is 9.47 Å². The summed E-state index contributed by atoms with van der Waals surface area (Å²) >= 11 is 0. The number of carbonyl (C=O) groups excluding carboxylic acids is 2. The minimum absolute atomic E-state index is 0.0590. The van der Waals surface area contributed by atoms with Crippen molar-refractivity contribution in [1.29, 1.82) is 0 Å². The van der Waals surface area contributed by atoms with Crippen molar-refractivity contribution in [2.24, 2.45) is 5.92 Å². The lowest BCUT2D eigenvalue weighted by molar-refractivity contribution is -0.143. The second kappa shape index (κ2) is 11.0. The molecule has 0 aliphatic heterocycles. The minimum Gasteiger partial charge on any atom is -0.480 e. The number of fused-ring (bicyclic) bond motifs is 3. The van der Waals surface area contributed by atoms with Crippen LogP contribution in [0.15, 0.2) is 48.5 Å². The third-order valence-electron chi connectivity index (χ3n) is 6.08. The molecule has 1 aliphatic carbocycles. The summed E-state index contributed by atoms with van der Waals surface area (Å²) in [4.78, 5) is 36.3. The Morgan fingerprint density at radius 1 is 0.970 bits per heavy atom. The van der Waals surface area contributed by atoms with E-state index in [1.807, 2.05) is 36.4 Å². The first-order valence-electron chi connectivity index (χ1n) is 11.0. The van der Waals surface area contributed by atoms with Crippen LogP contribution < -0.4 is 10.6 Å². The molecule has 0 bridgehead atoms. The quantitative estimate of drug-likeness (QED) is 0.508. The fourth-order valence-electron chi connectivity index (χ4n) is 3.97. The fourth-order valence-corrected chi connectivity index (χ4v) is 3.97. The lowest BCUT2D eigenvalue weighted by atomic mass is 9.98. The number of alkyl carbamates (subject to hydrolysis) is 1. The van der Waals surface area contributed by atoms with E-state index in [2.05, 4.69) is 22.8 Å². The number of hydrogen-bond donors (Lipinski definition) is 3. The molecule has 3 rings (SSSR count). The normalized spacial score (nSPS) is 15.0. The molecule has 8 nitrogen and oxygen atoms in total. The molecule has 2 amide bonds. The van der Waals surface area contributed by atoms with Crippen LogP contribution in [-0.4, -0.2) is 55.5 Å². The number of rotatable bonds is 10. The van der Waals surface area contributed by atoms with Crippen molar-refractivity contribution < 1.29 is 29.0 Å². The van der Waals surface area contributed by atoms with Crippen LogP contribution in [0.5, 0.6) is 0 Å². The Kier molecular flexibility index (Phi) is 8.06. The number of carboxylic acids is 1. The van der Waals surface area contributed by atoms with Crippen molar-refractivity contribution in [2.75, 3.05) is 20.3 Å². The van der Waals surface area contributed by atoms with Crippen LogP contribution in [0.3, 0.4) is 0 Å². The van der Waals surface area contributed by atoms with Crippen molar-refractivity contribution in [2.45, 2.75) is 38.3 Å². The average molecular weight is 455 g/mol. The Labute approximate surface area is 193 Å². The van der Waals surface area contributed by atoms with E-state index in [-0.39, 0.29) is 25.6 Å². The number of nitrogens with one attached hydrogen (secondary N) is 2. The maximum absolute atomic E-state index is 12.5. The maximum atomic E-state index is 12.5. The predicted octanol–water partition coefficient (Wildman–Crippen LogP) is 3.16. The van der Waals surface area contributed by atoms with Crippen LogP contribution in [0.4, 0.5) is 4.79 Å². The Balaban J connectivity index is 1.55. The number of amides is 2. The van der Waals surface area contributed by atoms with E-state index in [9.17, 15) is 19.5 Å². The number of aliphatic carboxylic acids is 1. The first-order valence-corrected chi connectivity index (χ1v) is 11.0. The van der Waals surface area contributed by atoms with Crippen LogP contribution in [-0.2, 0) is 19.1 Å². The van der Waals surface area contributed by atoms with E-state index in [0.717, 1.165) is 22.3 Å². The standard InChI is InChI=1S/C25H30N2O6/c1-15(23(28)27-22(24(29)30)12-13-32-3)16(2)26-25(31)33-14-21-19-10-6-4-8-17(19)18-9-5-7-11-20(18)21/h4-11,15-16,21-22H,12-14H2,1-3H3,(H,26,31)(H,27,28)(H,29,30). The molecule has 0 heterocycles. The van der Waals surface area contributed by atoms with Gasteiger partial charge in [0.15, 0.2) is 0 Å². The Hall–Kier alpha value is -3.39. The third kappa shape index (κ3) is 5.70. The predicted molar refractivity (Wildman–Crippen MR) is 123 cm³/mol. The highest BCUT2D eigenvalue weighted by Crippen LogP contribution is 2.44. The van der Waals surface area contributed by atoms with E-state index in [1.165, 1.54) is 7.11 Å². The molecule has 3 unspecified atom stereocenters. The Morgan fingerprint density at radius 3 is 2.09 bits per heavy atom. The van der Waals surface area contributed by atoms with Crippen LogP contribution >= 0.6 is 0 Å². The molecule has 3 N–H and O–H groups in total. The van der Waals surface area contributed by atoms with Gasteiger partial charge in [0.2, 0.25) is 5.91 Å². The van der Waals surface area contributed by atoms with Gasteiger partial charge in [-0.15, -0.1) is 0 Å². The summed E-state index contributed by atoms with van der Waals surface area (Å²) in [6.07, 6.45) is -0.475. The van der Waals surface area contributed by atoms with E-state index < -0.39 is 36.0 Å². The first kappa shape index (κ1) is 24.3. The van der Waals surface area contributed by atoms with Crippen molar-refractivity contribution in [3.8, 4) is 11.1 Å². The van der Waals surface area contributed by atoms with Crippen molar-refractivity contribution >= 4 is 18.0 Å². The summed E-state index contributed by atoms with van der Waals surface area (Å²) in [7, 11) is 1.46. The maximum Gasteiger partial charge on any atom is 0.407 e. The highest BCUT2D eigenvalue weighted by molar-refractivity contribution is 5.85. The van der Waals surface area contributed by atoms with Gasteiger partial charge in [0.05, 0.1) is 5.92 Å². The molecule has 2 aromatic carbocycles. The summed E-state index contributed by atoms with van der Waals surface area (Å²) in [5.74, 6) is -2.32. The van der Waals surface area contributed by atoms with E-state index >= 15 is 0 Å². The van der Waals surface area contributed by atoms with Crippen molar-refractivity contribution in [1.82, 2.24) is 10.6 Å². The topological polar surface area (TPSA) is 114 Å². The number of carbonyl (C=O) groups is 3. The number of benzene rings is 2. The second-order valence-corrected chi connectivity index (χ2v) is 8.23. The summed E-state index contributed by atoms with van der Waals surface area (Å²) < 4.78 is 10.4. The molecular formula is C25H30N2O6. The number of methoxy groups -OCH3 is 1. The number of hydrogen-bond acceptors (Lipinski definition) is 5. The average Bonchev–Trinajstić information content (AvgIpc) is 3.13. The van der Waals surface area contributed by atoms with Crippen LogP contribution in [0.2, 0.25) is 0 Å². The third-order valence-corrected chi connectivity index (χ3v) is 6.08. The lowest BCUT2D eigenvalue weighted by Crippen LogP contribution is -2.49. The van der Waals surface area contributed by atoms with Crippen LogP contribution in [0.25, 0.3) is 11.1 Å². The van der Waals surface area contributed by atoms with Gasteiger partial charge in [-0.3, -0.25) is 4.79 Å². The molecule has 33 heavy (non-hydrogen) atoms. The molecule has 176 valence electrons. The monoisotopic (exact) mass is 454 g/mol. The molecule has 0 radical (unpaired) electrons. The lowest BCUT2D eigenvalue weighted by Gasteiger charge is -2.23. The van der Waals surface area contributed by atoms with Crippen LogP contribution in [0, 0.1) is 5.92 Å². The zero-order valence-electron chi connectivity index (χ0n) is 19.0. The van der Waals surface area contributed by atoms with Gasteiger partial charge in [0.1, 0.15) is 12.6 Å². The molecule has 0 saturated carbocycles. The Bertz CT molecular complexity index is 962. The van der Waals surface area contributed by atoms with Crippen molar-refractivity contribution in [3.63, 3.8) is 0 Å². The van der Waals surface area contributed by atoms with Gasteiger partial charge in [0.25, 0.3) is 0 Å². The van der Waals surface area contributed by atoms with Gasteiger partial charge in [-0.05, 0) is 29.2 Å². The largest absolute Gasteiger partial charge is 0.480 e. The zero-order valence-corrected chi connectivity index (χ0v) is 19.0. The highest BCUT2D eigenvalue weighted by atomic mass is 16.5. The summed E-state index contributed by atoms with van der Waals surface area (Å²) in [6, 6.07) is 14.5. The van der Waals surface area contributed by atoms with Crippen molar-refractivity contribution in [3.05, 3.63) is 59.7 Å². The van der Waals surface area contributed by atoms with E-state index in [0.29, 0.717) is 0 Å². The highest BCUT2D eigenvalue weighted by Gasteiger charge is 2.30. The number of carboxylic acid groups (broad SMARTS) is 1. The van der Waals surface area contributed by atoms with Crippen LogP contribution in [0.1, 0.15) is 37.3 Å². The molecule has 0 fully saturated rings. The molecule has 8 heteroatoms. The summed E-state index contributed by atoms with van der Waals surface area (Å²) in [5, 5.41) is 14.4. The minimum atomic E-state index is -1.13. The second-order valence-electron chi connectivity index (χ2n) is 8.23. The van der Waals surface area contributed by atoms with E-state index in [1.54, 1.807) is 13.8 Å². The van der Waals surface area contributed by atoms with Gasteiger partial charge >= 0.3 is 12.1 Å².